The number of H-pyrrole nitrogens is 1. The van der Waals surface area contributed by atoms with E-state index in [2.05, 4.69) is 15.5 Å². The highest BCUT2D eigenvalue weighted by Gasteiger charge is 2.08. The lowest BCUT2D eigenvalue weighted by Gasteiger charge is -2.14. The maximum atomic E-state index is 13.1. The highest BCUT2D eigenvalue weighted by molar-refractivity contribution is 5.20. The predicted octanol–water partition coefficient (Wildman–Crippen LogP) is 3.28. The quantitative estimate of drug-likeness (QED) is 0.797. The Labute approximate surface area is 117 Å². The summed E-state index contributed by atoms with van der Waals surface area (Å²) in [5, 5.41) is 10.2. The lowest BCUT2D eigenvalue weighted by atomic mass is 10.1. The summed E-state index contributed by atoms with van der Waals surface area (Å²) < 4.78 is 26.0. The highest BCUT2D eigenvalue weighted by Crippen LogP contribution is 2.16. The number of nitrogens with zero attached hydrogens (tertiary/aromatic N) is 1. The molecule has 0 saturated heterocycles. The number of rotatable bonds is 6. The summed E-state index contributed by atoms with van der Waals surface area (Å²) in [6, 6.07) is 4.01. The molecule has 2 aromatic rings. The zero-order valence-corrected chi connectivity index (χ0v) is 11.7. The Morgan fingerprint density at radius 1 is 1.30 bits per heavy atom. The molecule has 1 unspecified atom stereocenters. The van der Waals surface area contributed by atoms with Crippen LogP contribution in [0, 0.1) is 18.6 Å². The highest BCUT2D eigenvalue weighted by atomic mass is 19.2. The van der Waals surface area contributed by atoms with E-state index >= 15 is 0 Å². The number of aromatic amines is 1. The molecule has 20 heavy (non-hydrogen) atoms. The summed E-state index contributed by atoms with van der Waals surface area (Å²) in [5.74, 6) is -1.61. The second-order valence-electron chi connectivity index (χ2n) is 4.97. The minimum atomic E-state index is -0.809. The zero-order valence-electron chi connectivity index (χ0n) is 11.7. The SMILES string of the molecule is Cc1[nH]ncc1CCCNC(C)c1ccc(F)c(F)c1. The van der Waals surface area contributed by atoms with Gasteiger partial charge in [-0.1, -0.05) is 6.07 Å². The fourth-order valence-corrected chi connectivity index (χ4v) is 2.12. The molecule has 0 aliphatic heterocycles. The molecule has 0 radical (unpaired) electrons. The first-order valence-corrected chi connectivity index (χ1v) is 6.75. The van der Waals surface area contributed by atoms with E-state index in [0.717, 1.165) is 36.7 Å². The van der Waals surface area contributed by atoms with Gasteiger partial charge in [0.05, 0.1) is 6.20 Å². The van der Waals surface area contributed by atoms with E-state index in [4.69, 9.17) is 0 Å². The first-order valence-electron chi connectivity index (χ1n) is 6.75. The summed E-state index contributed by atoms with van der Waals surface area (Å²) in [7, 11) is 0. The number of hydrogen-bond acceptors (Lipinski definition) is 2. The van der Waals surface area contributed by atoms with Gasteiger partial charge in [-0.15, -0.1) is 0 Å². The van der Waals surface area contributed by atoms with E-state index in [1.54, 1.807) is 6.07 Å². The van der Waals surface area contributed by atoms with Gasteiger partial charge in [-0.25, -0.2) is 8.78 Å². The molecular formula is C15H19F2N3. The fraction of sp³-hybridized carbons (Fsp3) is 0.400. The van der Waals surface area contributed by atoms with E-state index < -0.39 is 11.6 Å². The van der Waals surface area contributed by atoms with Gasteiger partial charge < -0.3 is 5.32 Å². The molecule has 5 heteroatoms. The lowest BCUT2D eigenvalue weighted by molar-refractivity contribution is 0.500. The van der Waals surface area contributed by atoms with Crippen LogP contribution in [0.1, 0.15) is 36.2 Å². The van der Waals surface area contributed by atoms with E-state index in [-0.39, 0.29) is 6.04 Å². The molecule has 0 amide bonds. The minimum absolute atomic E-state index is 0.00412. The second-order valence-corrected chi connectivity index (χ2v) is 4.97. The van der Waals surface area contributed by atoms with Gasteiger partial charge in [0.2, 0.25) is 0 Å². The third kappa shape index (κ3) is 3.63. The van der Waals surface area contributed by atoms with Crippen LogP contribution in [0.3, 0.4) is 0 Å². The topological polar surface area (TPSA) is 40.7 Å². The molecule has 0 saturated carbocycles. The first-order chi connectivity index (χ1) is 9.58. The lowest BCUT2D eigenvalue weighted by Crippen LogP contribution is -2.20. The summed E-state index contributed by atoms with van der Waals surface area (Å²) >= 11 is 0. The summed E-state index contributed by atoms with van der Waals surface area (Å²) in [5.41, 5.74) is 3.06. The largest absolute Gasteiger partial charge is 0.310 e. The third-order valence-electron chi connectivity index (χ3n) is 3.45. The van der Waals surface area contributed by atoms with Gasteiger partial charge in [0, 0.05) is 11.7 Å². The summed E-state index contributed by atoms with van der Waals surface area (Å²) in [6.07, 6.45) is 3.75. The van der Waals surface area contributed by atoms with Crippen LogP contribution in [0.25, 0.3) is 0 Å². The molecule has 0 spiro atoms. The van der Waals surface area contributed by atoms with Crippen LogP contribution in [0.2, 0.25) is 0 Å². The van der Waals surface area contributed by atoms with Crippen molar-refractivity contribution >= 4 is 0 Å². The number of aryl methyl sites for hydroxylation is 2. The number of nitrogens with one attached hydrogen (secondary N) is 2. The monoisotopic (exact) mass is 279 g/mol. The molecule has 0 aliphatic carbocycles. The molecule has 0 aliphatic rings. The first kappa shape index (κ1) is 14.7. The molecule has 1 aromatic heterocycles. The van der Waals surface area contributed by atoms with Crippen LogP contribution in [0.15, 0.2) is 24.4 Å². The maximum absolute atomic E-state index is 13.1. The molecule has 1 atom stereocenters. The van der Waals surface area contributed by atoms with Crippen molar-refractivity contribution in [2.75, 3.05) is 6.54 Å². The molecule has 1 heterocycles. The Morgan fingerprint density at radius 2 is 2.10 bits per heavy atom. The molecule has 2 rings (SSSR count). The van der Waals surface area contributed by atoms with Crippen molar-refractivity contribution in [1.29, 1.82) is 0 Å². The van der Waals surface area contributed by atoms with Gasteiger partial charge in [-0.05, 0) is 56.5 Å². The molecule has 2 N–H and O–H groups in total. The molecule has 1 aromatic carbocycles. The van der Waals surface area contributed by atoms with Gasteiger partial charge in [0.25, 0.3) is 0 Å². The number of aromatic nitrogens is 2. The summed E-state index contributed by atoms with van der Waals surface area (Å²) in [6.45, 7) is 4.75. The van der Waals surface area contributed by atoms with Crippen molar-refractivity contribution < 1.29 is 8.78 Å². The van der Waals surface area contributed by atoms with Crippen LogP contribution in [0.5, 0.6) is 0 Å². The second kappa shape index (κ2) is 6.61. The molecular weight excluding hydrogens is 260 g/mol. The summed E-state index contributed by atoms with van der Waals surface area (Å²) in [4.78, 5) is 0. The molecule has 0 fully saturated rings. The Bertz CT molecular complexity index is 566. The predicted molar refractivity (Wildman–Crippen MR) is 74.4 cm³/mol. The number of halogens is 2. The third-order valence-corrected chi connectivity index (χ3v) is 3.45. The Hall–Kier alpha value is -1.75. The minimum Gasteiger partial charge on any atom is -0.310 e. The molecule has 0 bridgehead atoms. The van der Waals surface area contributed by atoms with E-state index in [1.165, 1.54) is 11.6 Å². The molecule has 3 nitrogen and oxygen atoms in total. The van der Waals surface area contributed by atoms with Crippen LogP contribution < -0.4 is 5.32 Å². The van der Waals surface area contributed by atoms with Crippen LogP contribution in [-0.2, 0) is 6.42 Å². The van der Waals surface area contributed by atoms with E-state index in [0.29, 0.717) is 0 Å². The average molecular weight is 279 g/mol. The Balaban J connectivity index is 1.79. The zero-order chi connectivity index (χ0) is 14.5. The van der Waals surface area contributed by atoms with Crippen LogP contribution in [0.4, 0.5) is 8.78 Å². The van der Waals surface area contributed by atoms with E-state index in [1.807, 2.05) is 20.0 Å². The fourth-order valence-electron chi connectivity index (χ4n) is 2.12. The normalized spacial score (nSPS) is 12.6. The van der Waals surface area contributed by atoms with E-state index in [9.17, 15) is 8.78 Å². The smallest absolute Gasteiger partial charge is 0.159 e. The number of hydrogen-bond donors (Lipinski definition) is 2. The van der Waals surface area contributed by atoms with Crippen molar-refractivity contribution in [3.05, 3.63) is 52.9 Å². The van der Waals surface area contributed by atoms with Crippen molar-refractivity contribution in [2.45, 2.75) is 32.7 Å². The van der Waals surface area contributed by atoms with Crippen LogP contribution in [-0.4, -0.2) is 16.7 Å². The van der Waals surface area contributed by atoms with Crippen molar-refractivity contribution in [1.82, 2.24) is 15.5 Å². The van der Waals surface area contributed by atoms with Gasteiger partial charge >= 0.3 is 0 Å². The van der Waals surface area contributed by atoms with Crippen molar-refractivity contribution in [2.24, 2.45) is 0 Å². The number of benzene rings is 1. The van der Waals surface area contributed by atoms with Crippen LogP contribution >= 0.6 is 0 Å². The Morgan fingerprint density at radius 3 is 2.75 bits per heavy atom. The molecule has 108 valence electrons. The van der Waals surface area contributed by atoms with Gasteiger partial charge in [0.15, 0.2) is 11.6 Å². The van der Waals surface area contributed by atoms with Crippen molar-refractivity contribution in [3.63, 3.8) is 0 Å². The maximum Gasteiger partial charge on any atom is 0.159 e. The van der Waals surface area contributed by atoms with Crippen molar-refractivity contribution in [3.8, 4) is 0 Å². The van der Waals surface area contributed by atoms with Gasteiger partial charge in [-0.2, -0.15) is 5.10 Å². The standard InChI is InChI=1S/C15H19F2N3/c1-10(12-5-6-14(16)15(17)8-12)18-7-3-4-13-9-19-20-11(13)2/h5-6,8-10,18H,3-4,7H2,1-2H3,(H,19,20). The Kier molecular flexibility index (Phi) is 4.84. The van der Waals surface area contributed by atoms with Gasteiger partial charge in [0.1, 0.15) is 0 Å². The van der Waals surface area contributed by atoms with Gasteiger partial charge in [-0.3, -0.25) is 5.10 Å². The average Bonchev–Trinajstić information content (AvgIpc) is 2.83.